The van der Waals surface area contributed by atoms with E-state index < -0.39 is 17.4 Å². The van der Waals surface area contributed by atoms with Crippen LogP contribution in [0.15, 0.2) is 162 Å². The number of esters is 2. The van der Waals surface area contributed by atoms with Crippen molar-refractivity contribution in [1.82, 2.24) is 0 Å². The van der Waals surface area contributed by atoms with Crippen molar-refractivity contribution in [2.45, 2.75) is 26.1 Å². The van der Waals surface area contributed by atoms with Gasteiger partial charge >= 0.3 is 11.9 Å². The first-order valence-electron chi connectivity index (χ1n) is 16.3. The quantitative estimate of drug-likeness (QED) is 0.112. The van der Waals surface area contributed by atoms with Crippen molar-refractivity contribution in [1.29, 1.82) is 0 Å². The van der Waals surface area contributed by atoms with Crippen LogP contribution in [-0.2, 0) is 32.3 Å². The molecule has 7 rings (SSSR count). The number of methoxy groups -OCH3 is 1. The van der Waals surface area contributed by atoms with Gasteiger partial charge in [-0.1, -0.05) is 121 Å². The Bertz CT molecular complexity index is 1920. The molecule has 2 aliphatic carbocycles. The number of rotatable bonds is 10. The average molecular weight is 646 g/mol. The Morgan fingerprint density at radius 1 is 0.571 bits per heavy atom. The first kappa shape index (κ1) is 31.6. The number of hydrogen-bond donors (Lipinski definition) is 0. The van der Waals surface area contributed by atoms with Crippen LogP contribution in [0, 0.1) is 5.41 Å². The fourth-order valence-electron chi connectivity index (χ4n) is 6.59. The van der Waals surface area contributed by atoms with Gasteiger partial charge in [-0.3, -0.25) is 9.59 Å². The number of allylic oxidation sites excluding steroid dienone is 4. The average Bonchev–Trinajstić information content (AvgIpc) is 3.69. The van der Waals surface area contributed by atoms with E-state index in [1.807, 2.05) is 146 Å². The van der Waals surface area contributed by atoms with E-state index in [0.717, 1.165) is 61.7 Å². The molecule has 6 nitrogen and oxygen atoms in total. The molecule has 0 N–H and O–H groups in total. The summed E-state index contributed by atoms with van der Waals surface area (Å²) in [6, 6.07) is 46.6. The monoisotopic (exact) mass is 645 g/mol. The number of ether oxygens (including phenoxy) is 3. The lowest BCUT2D eigenvalue weighted by Gasteiger charge is -2.25. The van der Waals surface area contributed by atoms with Gasteiger partial charge in [-0.05, 0) is 57.7 Å². The normalized spacial score (nSPS) is 14.8. The summed E-state index contributed by atoms with van der Waals surface area (Å²) in [7, 11) is 1.64. The van der Waals surface area contributed by atoms with E-state index in [0.29, 0.717) is 0 Å². The van der Waals surface area contributed by atoms with Crippen LogP contribution in [0.5, 0.6) is 5.75 Å². The molecule has 0 bridgehead atoms. The van der Waals surface area contributed by atoms with E-state index in [4.69, 9.17) is 19.2 Å². The summed E-state index contributed by atoms with van der Waals surface area (Å²) in [6.07, 6.45) is 0.234. The number of hydrogen-bond acceptors (Lipinski definition) is 6. The molecule has 0 saturated heterocycles. The van der Waals surface area contributed by atoms with Crippen LogP contribution in [0.25, 0.3) is 11.1 Å². The van der Waals surface area contributed by atoms with Gasteiger partial charge in [0.15, 0.2) is 5.41 Å². The number of carbonyl (C=O) groups is 2. The van der Waals surface area contributed by atoms with Gasteiger partial charge in [0.2, 0.25) is 0 Å². The van der Waals surface area contributed by atoms with Crippen molar-refractivity contribution < 1.29 is 23.8 Å². The van der Waals surface area contributed by atoms with E-state index in [1.165, 1.54) is 0 Å². The Morgan fingerprint density at radius 3 is 1.39 bits per heavy atom. The van der Waals surface area contributed by atoms with Crippen molar-refractivity contribution in [2.24, 2.45) is 10.4 Å². The van der Waals surface area contributed by atoms with Crippen LogP contribution in [0.1, 0.15) is 35.1 Å². The summed E-state index contributed by atoms with van der Waals surface area (Å²) in [5, 5.41) is 0. The first-order chi connectivity index (χ1) is 24.1. The molecule has 2 aliphatic rings. The Labute approximate surface area is 286 Å². The molecular weight excluding hydrogens is 610 g/mol. The minimum absolute atomic E-state index is 0.0484. The van der Waals surface area contributed by atoms with Gasteiger partial charge in [0.25, 0.3) is 0 Å². The summed E-state index contributed by atoms with van der Waals surface area (Å²) in [5.74, 6) is -0.460. The summed E-state index contributed by atoms with van der Waals surface area (Å²) in [6.45, 7) is 0.0967. The second-order valence-electron chi connectivity index (χ2n) is 12.2. The van der Waals surface area contributed by atoms with E-state index in [1.54, 1.807) is 7.11 Å². The highest BCUT2D eigenvalue weighted by molar-refractivity contribution is 6.50. The smallest absolute Gasteiger partial charge is 0.324 e. The summed E-state index contributed by atoms with van der Waals surface area (Å²) >= 11 is 0. The fraction of sp³-hybridized carbons (Fsp3) is 0.140. The van der Waals surface area contributed by atoms with Crippen LogP contribution in [-0.4, -0.2) is 24.8 Å². The standard InChI is InChI=1S/C43H35NO5/c1-47-35-24-22-34(23-25-35)44-40-38(32-18-10-4-11-19-32)36-26-43(41(45)48-28-30-14-6-2-7-15-30,42(46)49-29-31-16-8-3-9-17-31)27-37(36)39(40)33-20-12-5-13-21-33/h2-25H,26-29H2,1H3. The van der Waals surface area contributed by atoms with Gasteiger partial charge in [-0.25, -0.2) is 4.99 Å². The third kappa shape index (κ3) is 6.46. The van der Waals surface area contributed by atoms with Crippen molar-refractivity contribution in [3.63, 3.8) is 0 Å². The molecule has 1 fully saturated rings. The second kappa shape index (κ2) is 14.0. The molecule has 6 heteroatoms. The molecule has 0 spiro atoms. The molecule has 0 heterocycles. The second-order valence-corrected chi connectivity index (χ2v) is 12.2. The molecule has 5 aromatic rings. The van der Waals surface area contributed by atoms with Crippen molar-refractivity contribution in [2.75, 3.05) is 7.11 Å². The van der Waals surface area contributed by atoms with Gasteiger partial charge in [-0.15, -0.1) is 0 Å². The maximum absolute atomic E-state index is 14.3. The van der Waals surface area contributed by atoms with Crippen LogP contribution < -0.4 is 4.74 Å². The number of aliphatic imine (C=N–C) groups is 1. The van der Waals surface area contributed by atoms with E-state index >= 15 is 0 Å². The molecule has 0 unspecified atom stereocenters. The van der Waals surface area contributed by atoms with E-state index in [-0.39, 0.29) is 26.1 Å². The SMILES string of the molecule is COc1ccc(N=C2C(c3ccccc3)=C3CC(C(=O)OCc4ccccc4)(C(=O)OCc4ccccc4)CC3=C2c2ccccc2)cc1. The molecule has 0 aliphatic heterocycles. The highest BCUT2D eigenvalue weighted by atomic mass is 16.6. The van der Waals surface area contributed by atoms with Crippen LogP contribution in [0.2, 0.25) is 0 Å². The first-order valence-corrected chi connectivity index (χ1v) is 16.3. The Kier molecular flexibility index (Phi) is 9.02. The topological polar surface area (TPSA) is 74.2 Å². The zero-order chi connectivity index (χ0) is 33.6. The lowest BCUT2D eigenvalue weighted by atomic mass is 9.82. The Balaban J connectivity index is 1.37. The zero-order valence-electron chi connectivity index (χ0n) is 27.2. The Morgan fingerprint density at radius 2 is 0.980 bits per heavy atom. The van der Waals surface area contributed by atoms with Crippen molar-refractivity contribution in [3.8, 4) is 5.75 Å². The summed E-state index contributed by atoms with van der Waals surface area (Å²) in [4.78, 5) is 33.9. The lowest BCUT2D eigenvalue weighted by Crippen LogP contribution is -2.40. The lowest BCUT2D eigenvalue weighted by molar-refractivity contribution is -0.173. The third-order valence-electron chi connectivity index (χ3n) is 9.04. The maximum Gasteiger partial charge on any atom is 0.324 e. The maximum atomic E-state index is 14.3. The molecule has 49 heavy (non-hydrogen) atoms. The number of benzene rings is 5. The molecule has 0 atom stereocenters. The molecular formula is C43H35NO5. The van der Waals surface area contributed by atoms with Crippen LogP contribution in [0.3, 0.4) is 0 Å². The van der Waals surface area contributed by atoms with E-state index in [9.17, 15) is 9.59 Å². The third-order valence-corrected chi connectivity index (χ3v) is 9.04. The number of nitrogens with zero attached hydrogens (tertiary/aromatic N) is 1. The van der Waals surface area contributed by atoms with Gasteiger partial charge in [0.05, 0.1) is 18.5 Å². The largest absolute Gasteiger partial charge is 0.497 e. The highest BCUT2D eigenvalue weighted by Gasteiger charge is 2.57. The van der Waals surface area contributed by atoms with Gasteiger partial charge in [0, 0.05) is 24.0 Å². The van der Waals surface area contributed by atoms with Gasteiger partial charge in [0.1, 0.15) is 19.0 Å². The van der Waals surface area contributed by atoms with Gasteiger partial charge < -0.3 is 14.2 Å². The number of carbonyl (C=O) groups excluding carboxylic acids is 2. The zero-order valence-corrected chi connectivity index (χ0v) is 27.2. The molecule has 0 aromatic heterocycles. The summed E-state index contributed by atoms with van der Waals surface area (Å²) in [5.41, 5.74) is 7.09. The van der Waals surface area contributed by atoms with E-state index in [2.05, 4.69) is 0 Å². The van der Waals surface area contributed by atoms with Crippen LogP contribution >= 0.6 is 0 Å². The molecule has 0 radical (unpaired) electrons. The molecule has 242 valence electrons. The predicted octanol–water partition coefficient (Wildman–Crippen LogP) is 8.96. The van der Waals surface area contributed by atoms with Crippen LogP contribution in [0.4, 0.5) is 5.69 Å². The summed E-state index contributed by atoms with van der Waals surface area (Å²) < 4.78 is 17.3. The predicted molar refractivity (Wildman–Crippen MR) is 191 cm³/mol. The fourth-order valence-corrected chi connectivity index (χ4v) is 6.59. The number of fused-ring (bicyclic) bond motifs is 1. The van der Waals surface area contributed by atoms with Crippen molar-refractivity contribution >= 4 is 34.5 Å². The van der Waals surface area contributed by atoms with Gasteiger partial charge in [-0.2, -0.15) is 0 Å². The Hall–Kier alpha value is -6.01. The highest BCUT2D eigenvalue weighted by Crippen LogP contribution is 2.56. The molecule has 1 saturated carbocycles. The minimum Gasteiger partial charge on any atom is -0.497 e. The van der Waals surface area contributed by atoms with Crippen molar-refractivity contribution in [3.05, 3.63) is 179 Å². The minimum atomic E-state index is -1.58. The molecule has 0 amide bonds. The molecule has 5 aromatic carbocycles.